The van der Waals surface area contributed by atoms with Crippen molar-refractivity contribution in [3.8, 4) is 5.75 Å². The monoisotopic (exact) mass is 314 g/mol. The number of hydrogen-bond acceptors (Lipinski definition) is 5. The van der Waals surface area contributed by atoms with Crippen molar-refractivity contribution >= 4 is 22.9 Å². The van der Waals surface area contributed by atoms with Crippen LogP contribution >= 0.6 is 11.8 Å². The van der Waals surface area contributed by atoms with Gasteiger partial charge in [0.1, 0.15) is 5.75 Å². The first-order valence-electron chi connectivity index (χ1n) is 7.03. The van der Waals surface area contributed by atoms with E-state index in [1.54, 1.807) is 18.9 Å². The molecule has 22 heavy (non-hydrogen) atoms. The summed E-state index contributed by atoms with van der Waals surface area (Å²) in [5.41, 5.74) is 5.83. The molecule has 3 aromatic heterocycles. The molecule has 0 spiro atoms. The Balaban J connectivity index is 1.82. The standard InChI is InChI=1S/C16H18N4OS/c1-9-7-17-13(11(3)14(9)21-4)8-22-16-19-12-6-5-10(2)18-15(12)20-16/h5-7H,8H2,1-4H3,(H,18,19,20). The summed E-state index contributed by atoms with van der Waals surface area (Å²) in [6.45, 7) is 6.01. The molecule has 0 aliphatic heterocycles. The van der Waals surface area contributed by atoms with Crippen LogP contribution in [-0.2, 0) is 5.75 Å². The van der Waals surface area contributed by atoms with Crippen LogP contribution in [0.2, 0.25) is 0 Å². The zero-order chi connectivity index (χ0) is 15.7. The molecule has 0 aliphatic rings. The van der Waals surface area contributed by atoms with E-state index >= 15 is 0 Å². The smallest absolute Gasteiger partial charge is 0.178 e. The lowest BCUT2D eigenvalue weighted by atomic mass is 10.1. The number of ether oxygens (including phenoxy) is 1. The van der Waals surface area contributed by atoms with Crippen LogP contribution in [0.3, 0.4) is 0 Å². The minimum absolute atomic E-state index is 0.737. The van der Waals surface area contributed by atoms with Gasteiger partial charge in [0.05, 0.1) is 18.3 Å². The van der Waals surface area contributed by atoms with Gasteiger partial charge < -0.3 is 9.72 Å². The fourth-order valence-electron chi connectivity index (χ4n) is 2.39. The number of nitrogens with zero attached hydrogens (tertiary/aromatic N) is 3. The Labute approximate surface area is 133 Å². The summed E-state index contributed by atoms with van der Waals surface area (Å²) in [5.74, 6) is 1.65. The molecule has 5 nitrogen and oxygen atoms in total. The fraction of sp³-hybridized carbons (Fsp3) is 0.312. The first-order chi connectivity index (χ1) is 10.6. The Morgan fingerprint density at radius 3 is 2.77 bits per heavy atom. The third-order valence-corrected chi connectivity index (χ3v) is 4.44. The van der Waals surface area contributed by atoms with Gasteiger partial charge >= 0.3 is 0 Å². The van der Waals surface area contributed by atoms with Crippen LogP contribution < -0.4 is 4.74 Å². The van der Waals surface area contributed by atoms with Gasteiger partial charge in [-0.15, -0.1) is 0 Å². The molecule has 0 fully saturated rings. The molecule has 3 aromatic rings. The van der Waals surface area contributed by atoms with Crippen molar-refractivity contribution in [1.82, 2.24) is 19.9 Å². The number of imidazole rings is 1. The highest BCUT2D eigenvalue weighted by molar-refractivity contribution is 7.98. The van der Waals surface area contributed by atoms with Gasteiger partial charge in [0.15, 0.2) is 10.8 Å². The van der Waals surface area contributed by atoms with Gasteiger partial charge in [0.2, 0.25) is 0 Å². The normalized spacial score (nSPS) is 11.1. The van der Waals surface area contributed by atoms with Crippen LogP contribution in [0.4, 0.5) is 0 Å². The molecule has 0 atom stereocenters. The quantitative estimate of drug-likeness (QED) is 0.746. The van der Waals surface area contributed by atoms with Gasteiger partial charge in [0.25, 0.3) is 0 Å². The van der Waals surface area contributed by atoms with Crippen molar-refractivity contribution in [3.63, 3.8) is 0 Å². The molecule has 0 bridgehead atoms. The summed E-state index contributed by atoms with van der Waals surface area (Å²) >= 11 is 1.62. The van der Waals surface area contributed by atoms with Crippen molar-refractivity contribution in [2.75, 3.05) is 7.11 Å². The minimum Gasteiger partial charge on any atom is -0.496 e. The van der Waals surface area contributed by atoms with E-state index in [1.165, 1.54) is 0 Å². The van der Waals surface area contributed by atoms with E-state index in [9.17, 15) is 0 Å². The van der Waals surface area contributed by atoms with Crippen LogP contribution in [0.25, 0.3) is 11.2 Å². The summed E-state index contributed by atoms with van der Waals surface area (Å²) in [7, 11) is 1.69. The van der Waals surface area contributed by atoms with E-state index in [0.717, 1.165) is 50.3 Å². The summed E-state index contributed by atoms with van der Waals surface area (Å²) in [6.07, 6.45) is 1.85. The van der Waals surface area contributed by atoms with Crippen molar-refractivity contribution in [2.45, 2.75) is 31.7 Å². The van der Waals surface area contributed by atoms with Crippen LogP contribution in [0.15, 0.2) is 23.5 Å². The lowest BCUT2D eigenvalue weighted by Crippen LogP contribution is -1.98. The Morgan fingerprint density at radius 1 is 1.18 bits per heavy atom. The maximum atomic E-state index is 5.45. The molecule has 0 aliphatic carbocycles. The number of methoxy groups -OCH3 is 1. The first-order valence-corrected chi connectivity index (χ1v) is 8.02. The maximum Gasteiger partial charge on any atom is 0.178 e. The van der Waals surface area contributed by atoms with E-state index in [-0.39, 0.29) is 0 Å². The number of H-pyrrole nitrogens is 1. The third kappa shape index (κ3) is 2.78. The number of rotatable bonds is 4. The molecule has 1 N–H and O–H groups in total. The predicted molar refractivity (Wildman–Crippen MR) is 88.4 cm³/mol. The van der Waals surface area contributed by atoms with Crippen molar-refractivity contribution < 1.29 is 4.74 Å². The number of hydrogen-bond donors (Lipinski definition) is 1. The number of fused-ring (bicyclic) bond motifs is 1. The van der Waals surface area contributed by atoms with Gasteiger partial charge in [-0.3, -0.25) is 4.98 Å². The lowest BCUT2D eigenvalue weighted by molar-refractivity contribution is 0.407. The van der Waals surface area contributed by atoms with Gasteiger partial charge in [0, 0.05) is 28.8 Å². The van der Waals surface area contributed by atoms with Crippen molar-refractivity contribution in [1.29, 1.82) is 0 Å². The lowest BCUT2D eigenvalue weighted by Gasteiger charge is -2.11. The van der Waals surface area contributed by atoms with Crippen molar-refractivity contribution in [3.05, 3.63) is 40.8 Å². The van der Waals surface area contributed by atoms with E-state index < -0.39 is 0 Å². The Bertz CT molecular complexity index is 828. The Kier molecular flexibility index (Phi) is 4.02. The number of aromatic nitrogens is 4. The molecular formula is C16H18N4OS. The second-order valence-corrected chi connectivity index (χ2v) is 6.16. The molecule has 114 valence electrons. The maximum absolute atomic E-state index is 5.45. The molecule has 0 unspecified atom stereocenters. The SMILES string of the molecule is COc1c(C)cnc(CSc2nc3nc(C)ccc3[nH]2)c1C. The zero-order valence-corrected chi connectivity index (χ0v) is 13.9. The number of nitrogens with one attached hydrogen (secondary N) is 1. The van der Waals surface area contributed by atoms with Gasteiger partial charge in [-0.2, -0.15) is 0 Å². The molecule has 3 heterocycles. The molecule has 0 radical (unpaired) electrons. The Morgan fingerprint density at radius 2 is 2.00 bits per heavy atom. The summed E-state index contributed by atoms with van der Waals surface area (Å²) < 4.78 is 5.45. The van der Waals surface area contributed by atoms with Crippen molar-refractivity contribution in [2.24, 2.45) is 0 Å². The highest BCUT2D eigenvalue weighted by atomic mass is 32.2. The third-order valence-electron chi connectivity index (χ3n) is 3.56. The Hall–Kier alpha value is -2.08. The molecule has 0 aromatic carbocycles. The summed E-state index contributed by atoms with van der Waals surface area (Å²) in [5, 5.41) is 0.855. The van der Waals surface area contributed by atoms with Crippen LogP contribution in [-0.4, -0.2) is 27.0 Å². The summed E-state index contributed by atoms with van der Waals surface area (Å²) in [6, 6.07) is 3.98. The van der Waals surface area contributed by atoms with E-state index in [1.807, 2.05) is 39.1 Å². The van der Waals surface area contributed by atoms with Gasteiger partial charge in [-0.05, 0) is 32.9 Å². The summed E-state index contributed by atoms with van der Waals surface area (Å²) in [4.78, 5) is 16.7. The van der Waals surface area contributed by atoms with Crippen LogP contribution in [0.5, 0.6) is 5.75 Å². The van der Waals surface area contributed by atoms with Gasteiger partial charge in [-0.25, -0.2) is 9.97 Å². The molecular weight excluding hydrogens is 296 g/mol. The average Bonchev–Trinajstić information content (AvgIpc) is 2.89. The number of aryl methyl sites for hydroxylation is 2. The van der Waals surface area contributed by atoms with E-state index in [4.69, 9.17) is 4.74 Å². The number of aromatic amines is 1. The highest BCUT2D eigenvalue weighted by Crippen LogP contribution is 2.28. The predicted octanol–water partition coefficient (Wildman–Crippen LogP) is 3.58. The molecule has 3 rings (SSSR count). The fourth-order valence-corrected chi connectivity index (χ4v) is 3.28. The first kappa shape index (κ1) is 14.8. The van der Waals surface area contributed by atoms with E-state index in [0.29, 0.717) is 0 Å². The molecule has 0 saturated carbocycles. The highest BCUT2D eigenvalue weighted by Gasteiger charge is 2.11. The molecule has 0 amide bonds. The number of pyridine rings is 2. The van der Waals surface area contributed by atoms with Crippen LogP contribution in [0.1, 0.15) is 22.5 Å². The largest absolute Gasteiger partial charge is 0.496 e. The topological polar surface area (TPSA) is 63.7 Å². The zero-order valence-electron chi connectivity index (χ0n) is 13.1. The van der Waals surface area contributed by atoms with Gasteiger partial charge in [-0.1, -0.05) is 11.8 Å². The van der Waals surface area contributed by atoms with Crippen LogP contribution in [0, 0.1) is 20.8 Å². The second kappa shape index (κ2) is 5.96. The van der Waals surface area contributed by atoms with E-state index in [2.05, 4.69) is 19.9 Å². The number of thioether (sulfide) groups is 1. The minimum atomic E-state index is 0.737. The molecule has 0 saturated heterocycles. The average molecular weight is 314 g/mol. The second-order valence-electron chi connectivity index (χ2n) is 5.20. The molecule has 6 heteroatoms.